The first-order chi connectivity index (χ1) is 7.26. The van der Waals surface area contributed by atoms with E-state index in [2.05, 4.69) is 6.92 Å². The fourth-order valence-corrected chi connectivity index (χ4v) is 1.36. The van der Waals surface area contributed by atoms with Gasteiger partial charge in [-0.1, -0.05) is 13.3 Å². The van der Waals surface area contributed by atoms with Gasteiger partial charge in [-0.3, -0.25) is 4.79 Å². The van der Waals surface area contributed by atoms with Gasteiger partial charge in [-0.15, -0.1) is 0 Å². The van der Waals surface area contributed by atoms with Gasteiger partial charge in [-0.05, 0) is 12.8 Å². The lowest BCUT2D eigenvalue weighted by molar-refractivity contribution is -0.132. The monoisotopic (exact) mass is 217 g/mol. The molecular formula is C11H23NO3. The number of amides is 1. The SMILES string of the molecule is CCCCN(CCO)C(=O)CCCOC. The van der Waals surface area contributed by atoms with Gasteiger partial charge in [0.25, 0.3) is 0 Å². The van der Waals surface area contributed by atoms with E-state index in [1.54, 1.807) is 12.0 Å². The summed E-state index contributed by atoms with van der Waals surface area (Å²) >= 11 is 0. The number of nitrogens with zero attached hydrogens (tertiary/aromatic N) is 1. The second-order valence-corrected chi connectivity index (χ2v) is 3.55. The maximum Gasteiger partial charge on any atom is 0.222 e. The van der Waals surface area contributed by atoms with Gasteiger partial charge in [0.2, 0.25) is 5.91 Å². The Labute approximate surface area is 92.2 Å². The Balaban J connectivity index is 3.81. The molecular weight excluding hydrogens is 194 g/mol. The lowest BCUT2D eigenvalue weighted by Crippen LogP contribution is -2.34. The molecule has 0 heterocycles. The number of rotatable bonds is 9. The van der Waals surface area contributed by atoms with E-state index in [0.29, 0.717) is 19.6 Å². The maximum absolute atomic E-state index is 11.7. The Kier molecular flexibility index (Phi) is 9.52. The summed E-state index contributed by atoms with van der Waals surface area (Å²) in [5.74, 6) is 0.120. The van der Waals surface area contributed by atoms with Gasteiger partial charge in [-0.25, -0.2) is 0 Å². The molecule has 0 aliphatic carbocycles. The molecule has 0 aromatic heterocycles. The highest BCUT2D eigenvalue weighted by Gasteiger charge is 2.11. The Bertz CT molecular complexity index is 162. The number of unbranched alkanes of at least 4 members (excludes halogenated alkanes) is 1. The third-order valence-electron chi connectivity index (χ3n) is 2.24. The number of methoxy groups -OCH3 is 1. The van der Waals surface area contributed by atoms with Gasteiger partial charge >= 0.3 is 0 Å². The molecule has 90 valence electrons. The van der Waals surface area contributed by atoms with Crippen LogP contribution in [-0.2, 0) is 9.53 Å². The molecule has 0 atom stereocenters. The van der Waals surface area contributed by atoms with Crippen molar-refractivity contribution in [3.8, 4) is 0 Å². The normalized spacial score (nSPS) is 10.3. The molecule has 4 nitrogen and oxygen atoms in total. The molecule has 15 heavy (non-hydrogen) atoms. The van der Waals surface area contributed by atoms with Crippen molar-refractivity contribution in [3.05, 3.63) is 0 Å². The number of aliphatic hydroxyl groups excluding tert-OH is 1. The van der Waals surface area contributed by atoms with Crippen LogP contribution in [0.25, 0.3) is 0 Å². The van der Waals surface area contributed by atoms with E-state index >= 15 is 0 Å². The number of hydrogen-bond acceptors (Lipinski definition) is 3. The topological polar surface area (TPSA) is 49.8 Å². The fraction of sp³-hybridized carbons (Fsp3) is 0.909. The zero-order valence-corrected chi connectivity index (χ0v) is 9.87. The standard InChI is InChI=1S/C11H23NO3/c1-3-4-7-12(8-9-13)11(14)6-5-10-15-2/h13H,3-10H2,1-2H3. The lowest BCUT2D eigenvalue weighted by Gasteiger charge is -2.21. The van der Waals surface area contributed by atoms with Crippen LogP contribution < -0.4 is 0 Å². The van der Waals surface area contributed by atoms with Crippen molar-refractivity contribution in [3.63, 3.8) is 0 Å². The van der Waals surface area contributed by atoms with E-state index < -0.39 is 0 Å². The summed E-state index contributed by atoms with van der Waals surface area (Å²) in [5, 5.41) is 8.84. The predicted octanol–water partition coefficient (Wildman–Crippen LogP) is 1.03. The quantitative estimate of drug-likeness (QED) is 0.587. The molecule has 0 radical (unpaired) electrons. The molecule has 0 bridgehead atoms. The van der Waals surface area contributed by atoms with Gasteiger partial charge in [0.05, 0.1) is 6.61 Å². The van der Waals surface area contributed by atoms with E-state index in [1.807, 2.05) is 0 Å². The molecule has 0 rings (SSSR count). The average Bonchev–Trinajstić information content (AvgIpc) is 2.24. The third kappa shape index (κ3) is 7.33. The van der Waals surface area contributed by atoms with Gasteiger partial charge in [0, 0.05) is 33.2 Å². The minimum absolute atomic E-state index is 0.0414. The molecule has 0 saturated carbocycles. The molecule has 0 aromatic carbocycles. The Morgan fingerprint density at radius 3 is 2.60 bits per heavy atom. The number of aliphatic hydroxyl groups is 1. The molecule has 0 spiro atoms. The van der Waals surface area contributed by atoms with Crippen LogP contribution in [0.15, 0.2) is 0 Å². The Morgan fingerprint density at radius 2 is 2.07 bits per heavy atom. The molecule has 1 amide bonds. The fourth-order valence-electron chi connectivity index (χ4n) is 1.36. The van der Waals surface area contributed by atoms with Crippen molar-refractivity contribution in [1.29, 1.82) is 0 Å². The second kappa shape index (κ2) is 9.93. The first kappa shape index (κ1) is 14.4. The second-order valence-electron chi connectivity index (χ2n) is 3.55. The van der Waals surface area contributed by atoms with Crippen molar-refractivity contribution >= 4 is 5.91 Å². The maximum atomic E-state index is 11.7. The molecule has 0 aromatic rings. The zero-order valence-electron chi connectivity index (χ0n) is 9.87. The van der Waals surface area contributed by atoms with E-state index in [-0.39, 0.29) is 12.5 Å². The molecule has 4 heteroatoms. The highest BCUT2D eigenvalue weighted by molar-refractivity contribution is 5.76. The van der Waals surface area contributed by atoms with Crippen LogP contribution in [-0.4, -0.2) is 49.3 Å². The Morgan fingerprint density at radius 1 is 1.33 bits per heavy atom. The minimum Gasteiger partial charge on any atom is -0.395 e. The summed E-state index contributed by atoms with van der Waals surface area (Å²) in [6, 6.07) is 0. The molecule has 0 unspecified atom stereocenters. The third-order valence-corrected chi connectivity index (χ3v) is 2.24. The number of carbonyl (C=O) groups is 1. The van der Waals surface area contributed by atoms with Crippen LogP contribution in [0, 0.1) is 0 Å². The first-order valence-electron chi connectivity index (χ1n) is 5.63. The van der Waals surface area contributed by atoms with Crippen molar-refractivity contribution in [2.24, 2.45) is 0 Å². The van der Waals surface area contributed by atoms with Crippen LogP contribution in [0.5, 0.6) is 0 Å². The van der Waals surface area contributed by atoms with Crippen LogP contribution >= 0.6 is 0 Å². The summed E-state index contributed by atoms with van der Waals surface area (Å²) in [6.07, 6.45) is 3.32. The molecule has 0 aliphatic heterocycles. The van der Waals surface area contributed by atoms with E-state index in [4.69, 9.17) is 9.84 Å². The van der Waals surface area contributed by atoms with Crippen LogP contribution in [0.1, 0.15) is 32.6 Å². The summed E-state index contributed by atoms with van der Waals surface area (Å²) in [6.45, 7) is 3.95. The summed E-state index contributed by atoms with van der Waals surface area (Å²) in [5.41, 5.74) is 0. The van der Waals surface area contributed by atoms with E-state index in [9.17, 15) is 4.79 Å². The highest BCUT2D eigenvalue weighted by atomic mass is 16.5. The Hall–Kier alpha value is -0.610. The number of carbonyl (C=O) groups excluding carboxylic acids is 1. The first-order valence-corrected chi connectivity index (χ1v) is 5.63. The molecule has 0 saturated heterocycles. The average molecular weight is 217 g/mol. The van der Waals surface area contributed by atoms with E-state index in [0.717, 1.165) is 25.8 Å². The van der Waals surface area contributed by atoms with Crippen LogP contribution in [0.3, 0.4) is 0 Å². The number of ether oxygens (including phenoxy) is 1. The van der Waals surface area contributed by atoms with Gasteiger partial charge in [0.1, 0.15) is 0 Å². The van der Waals surface area contributed by atoms with Gasteiger partial charge in [0.15, 0.2) is 0 Å². The summed E-state index contributed by atoms with van der Waals surface area (Å²) in [4.78, 5) is 13.4. The van der Waals surface area contributed by atoms with Crippen molar-refractivity contribution < 1.29 is 14.6 Å². The van der Waals surface area contributed by atoms with Crippen LogP contribution in [0.4, 0.5) is 0 Å². The smallest absolute Gasteiger partial charge is 0.222 e. The van der Waals surface area contributed by atoms with Crippen molar-refractivity contribution in [1.82, 2.24) is 4.90 Å². The predicted molar refractivity (Wildman–Crippen MR) is 59.7 cm³/mol. The molecule has 1 N–H and O–H groups in total. The highest BCUT2D eigenvalue weighted by Crippen LogP contribution is 2.01. The number of hydrogen-bond donors (Lipinski definition) is 1. The lowest BCUT2D eigenvalue weighted by atomic mass is 10.2. The van der Waals surface area contributed by atoms with Crippen molar-refractivity contribution in [2.75, 3.05) is 33.4 Å². The minimum atomic E-state index is 0.0414. The molecule has 0 aliphatic rings. The van der Waals surface area contributed by atoms with Crippen LogP contribution in [0.2, 0.25) is 0 Å². The van der Waals surface area contributed by atoms with E-state index in [1.165, 1.54) is 0 Å². The van der Waals surface area contributed by atoms with Gasteiger partial charge in [-0.2, -0.15) is 0 Å². The summed E-state index contributed by atoms with van der Waals surface area (Å²) in [7, 11) is 1.63. The molecule has 0 fully saturated rings. The zero-order chi connectivity index (χ0) is 11.5. The van der Waals surface area contributed by atoms with Crippen molar-refractivity contribution in [2.45, 2.75) is 32.6 Å². The largest absolute Gasteiger partial charge is 0.395 e. The van der Waals surface area contributed by atoms with Gasteiger partial charge < -0.3 is 14.7 Å². The summed E-state index contributed by atoms with van der Waals surface area (Å²) < 4.78 is 4.89.